The molecule has 0 saturated carbocycles. The molecule has 0 aliphatic carbocycles. The number of fused-ring (bicyclic) bond motifs is 1. The molecule has 0 spiro atoms. The monoisotopic (exact) mass is 193 g/mol. The fraction of sp³-hybridized carbons (Fsp3) is 0. The van der Waals surface area contributed by atoms with Gasteiger partial charge in [-0.2, -0.15) is 4.73 Å². The number of hydrogen-bond acceptors (Lipinski definition) is 3. The quantitative estimate of drug-likeness (QED) is 0.596. The van der Waals surface area contributed by atoms with E-state index in [4.69, 9.17) is 5.11 Å². The van der Waals surface area contributed by atoms with Crippen LogP contribution in [0.25, 0.3) is 10.9 Å². The Kier molecular flexibility index (Phi) is 1.60. The Morgan fingerprint density at radius 2 is 1.93 bits per heavy atom. The highest BCUT2D eigenvalue weighted by Gasteiger charge is 2.20. The van der Waals surface area contributed by atoms with E-state index in [-0.39, 0.29) is 11.1 Å². The van der Waals surface area contributed by atoms with Gasteiger partial charge in [0, 0.05) is 5.39 Å². The molecule has 3 N–H and O–H groups in total. The van der Waals surface area contributed by atoms with Crippen LogP contribution in [0.15, 0.2) is 24.3 Å². The first kappa shape index (κ1) is 8.43. The Balaban J connectivity index is 2.95. The van der Waals surface area contributed by atoms with Crippen molar-refractivity contribution < 1.29 is 20.2 Å². The van der Waals surface area contributed by atoms with E-state index in [2.05, 4.69) is 0 Å². The minimum Gasteiger partial charge on any atom is -0.492 e. The molecular weight excluding hydrogens is 186 g/mol. The van der Waals surface area contributed by atoms with Crippen LogP contribution in [-0.2, 0) is 0 Å². The number of aromatic nitrogens is 1. The smallest absolute Gasteiger partial charge is 0.341 e. The first-order valence-electron chi connectivity index (χ1n) is 3.88. The third-order valence-electron chi connectivity index (χ3n) is 2.04. The average Bonchev–Trinajstić information content (AvgIpc) is 2.41. The molecule has 0 fully saturated rings. The number of rotatable bonds is 1. The molecule has 2 aromatic rings. The summed E-state index contributed by atoms with van der Waals surface area (Å²) in [6, 6.07) is 6.31. The summed E-state index contributed by atoms with van der Waals surface area (Å²) < 4.78 is 0.457. The zero-order valence-corrected chi connectivity index (χ0v) is 7.01. The zero-order chi connectivity index (χ0) is 10.3. The van der Waals surface area contributed by atoms with Crippen molar-refractivity contribution in [1.82, 2.24) is 4.73 Å². The number of aromatic carboxylic acids is 1. The van der Waals surface area contributed by atoms with Crippen LogP contribution >= 0.6 is 0 Å². The lowest BCUT2D eigenvalue weighted by atomic mass is 10.2. The summed E-state index contributed by atoms with van der Waals surface area (Å²) in [5.74, 6) is -1.93. The number of benzene rings is 1. The summed E-state index contributed by atoms with van der Waals surface area (Å²) in [7, 11) is 0. The van der Waals surface area contributed by atoms with E-state index in [0.29, 0.717) is 10.1 Å². The van der Waals surface area contributed by atoms with E-state index in [0.717, 1.165) is 0 Å². The fourth-order valence-corrected chi connectivity index (χ4v) is 1.42. The van der Waals surface area contributed by atoms with E-state index in [1.54, 1.807) is 12.1 Å². The standard InChI is InChI=1S/C9H7NO4/c11-8-7(9(12)13)5-3-1-2-4-6(5)10(8)14/h1-4,11,14H,(H,12,13). The molecule has 1 aromatic heterocycles. The number of carboxylic acids is 1. The second-order valence-corrected chi connectivity index (χ2v) is 2.83. The second kappa shape index (κ2) is 2.66. The van der Waals surface area contributed by atoms with Gasteiger partial charge in [0.2, 0.25) is 5.88 Å². The van der Waals surface area contributed by atoms with Crippen LogP contribution in [0.4, 0.5) is 0 Å². The van der Waals surface area contributed by atoms with Crippen molar-refractivity contribution in [1.29, 1.82) is 0 Å². The molecule has 14 heavy (non-hydrogen) atoms. The Morgan fingerprint density at radius 3 is 2.57 bits per heavy atom. The van der Waals surface area contributed by atoms with E-state index < -0.39 is 11.8 Å². The van der Waals surface area contributed by atoms with Crippen molar-refractivity contribution in [3.8, 4) is 5.88 Å². The van der Waals surface area contributed by atoms with Gasteiger partial charge < -0.3 is 15.4 Å². The number of aromatic hydroxyl groups is 1. The molecule has 5 nitrogen and oxygen atoms in total. The fourth-order valence-electron chi connectivity index (χ4n) is 1.42. The number of hydrogen-bond donors (Lipinski definition) is 3. The van der Waals surface area contributed by atoms with Crippen LogP contribution < -0.4 is 0 Å². The Bertz CT molecular complexity index is 515. The second-order valence-electron chi connectivity index (χ2n) is 2.83. The molecule has 2 rings (SSSR count). The van der Waals surface area contributed by atoms with Crippen molar-refractivity contribution in [3.63, 3.8) is 0 Å². The van der Waals surface area contributed by atoms with Crippen LogP contribution in [0.3, 0.4) is 0 Å². The highest BCUT2D eigenvalue weighted by molar-refractivity contribution is 6.06. The highest BCUT2D eigenvalue weighted by atomic mass is 16.5. The largest absolute Gasteiger partial charge is 0.492 e. The van der Waals surface area contributed by atoms with Gasteiger partial charge >= 0.3 is 5.97 Å². The maximum Gasteiger partial charge on any atom is 0.341 e. The summed E-state index contributed by atoms with van der Waals surface area (Å²) in [4.78, 5) is 10.8. The molecule has 0 amide bonds. The minimum absolute atomic E-state index is 0.266. The molecule has 0 saturated heterocycles. The van der Waals surface area contributed by atoms with Crippen molar-refractivity contribution >= 4 is 16.9 Å². The number of carboxylic acid groups (broad SMARTS) is 1. The molecule has 0 bridgehead atoms. The topological polar surface area (TPSA) is 82.7 Å². The lowest BCUT2D eigenvalue weighted by molar-refractivity contribution is 0.0689. The number of nitrogens with zero attached hydrogens (tertiary/aromatic N) is 1. The van der Waals surface area contributed by atoms with Gasteiger partial charge in [-0.3, -0.25) is 0 Å². The molecule has 1 heterocycles. The van der Waals surface area contributed by atoms with E-state index in [9.17, 15) is 15.1 Å². The van der Waals surface area contributed by atoms with Crippen LogP contribution in [0.1, 0.15) is 10.4 Å². The summed E-state index contributed by atoms with van der Waals surface area (Å²) in [5, 5.41) is 27.8. The van der Waals surface area contributed by atoms with Gasteiger partial charge in [-0.1, -0.05) is 18.2 Å². The molecule has 0 aliphatic heterocycles. The molecule has 5 heteroatoms. The van der Waals surface area contributed by atoms with Crippen molar-refractivity contribution in [2.75, 3.05) is 0 Å². The molecule has 0 unspecified atom stereocenters. The number of para-hydroxylation sites is 1. The SMILES string of the molecule is O=C(O)c1c(O)n(O)c2ccccc12. The van der Waals surface area contributed by atoms with Crippen molar-refractivity contribution in [2.24, 2.45) is 0 Å². The van der Waals surface area contributed by atoms with Crippen molar-refractivity contribution in [3.05, 3.63) is 29.8 Å². The molecule has 0 radical (unpaired) electrons. The van der Waals surface area contributed by atoms with E-state index in [1.165, 1.54) is 12.1 Å². The van der Waals surface area contributed by atoms with Crippen molar-refractivity contribution in [2.45, 2.75) is 0 Å². The lowest BCUT2D eigenvalue weighted by Crippen LogP contribution is -1.95. The lowest BCUT2D eigenvalue weighted by Gasteiger charge is -1.93. The third kappa shape index (κ3) is 0.922. The third-order valence-corrected chi connectivity index (χ3v) is 2.04. The average molecular weight is 193 g/mol. The summed E-state index contributed by atoms with van der Waals surface area (Å²) in [5.41, 5.74) is -0.0227. The maximum absolute atomic E-state index is 10.8. The van der Waals surface area contributed by atoms with Gasteiger partial charge in [-0.25, -0.2) is 4.79 Å². The molecule has 0 aliphatic rings. The predicted molar refractivity (Wildman–Crippen MR) is 47.7 cm³/mol. The van der Waals surface area contributed by atoms with Gasteiger partial charge in [0.1, 0.15) is 5.56 Å². The Hall–Kier alpha value is -2.17. The van der Waals surface area contributed by atoms with Gasteiger partial charge in [0.25, 0.3) is 0 Å². The summed E-state index contributed by atoms with van der Waals surface area (Å²) in [6.45, 7) is 0. The van der Waals surface area contributed by atoms with Gasteiger partial charge in [-0.05, 0) is 6.07 Å². The van der Waals surface area contributed by atoms with Crippen LogP contribution in [-0.4, -0.2) is 26.1 Å². The molecular formula is C9H7NO4. The zero-order valence-electron chi connectivity index (χ0n) is 7.01. The highest BCUT2D eigenvalue weighted by Crippen LogP contribution is 2.29. The van der Waals surface area contributed by atoms with Crippen LogP contribution in [0.2, 0.25) is 0 Å². The van der Waals surface area contributed by atoms with E-state index in [1.807, 2.05) is 0 Å². The van der Waals surface area contributed by atoms with Gasteiger partial charge in [-0.15, -0.1) is 0 Å². The summed E-state index contributed by atoms with van der Waals surface area (Å²) in [6.07, 6.45) is 0. The Morgan fingerprint density at radius 1 is 1.29 bits per heavy atom. The molecule has 72 valence electrons. The first-order valence-corrected chi connectivity index (χ1v) is 3.88. The maximum atomic E-state index is 10.8. The predicted octanol–water partition coefficient (Wildman–Crippen LogP) is 1.28. The first-order chi connectivity index (χ1) is 6.63. The minimum atomic E-state index is -1.27. The molecule has 1 aromatic carbocycles. The molecule has 0 atom stereocenters. The Labute approximate surface area is 78.4 Å². The van der Waals surface area contributed by atoms with Gasteiger partial charge in [0.15, 0.2) is 0 Å². The van der Waals surface area contributed by atoms with Crippen LogP contribution in [0.5, 0.6) is 5.88 Å². The summed E-state index contributed by atoms with van der Waals surface area (Å²) >= 11 is 0. The number of carbonyl (C=O) groups is 1. The van der Waals surface area contributed by atoms with Crippen LogP contribution in [0, 0.1) is 0 Å². The van der Waals surface area contributed by atoms with Gasteiger partial charge in [0.05, 0.1) is 5.52 Å². The normalized spacial score (nSPS) is 10.6. The van der Waals surface area contributed by atoms with E-state index >= 15 is 0 Å².